The fraction of sp³-hybridized carbons (Fsp3) is 0.286. The van der Waals surface area contributed by atoms with Gasteiger partial charge in [0.05, 0.1) is 42.4 Å². The topological polar surface area (TPSA) is 107 Å². The van der Waals surface area contributed by atoms with Crippen LogP contribution >= 0.6 is 0 Å². The van der Waals surface area contributed by atoms with E-state index in [-0.39, 0.29) is 18.0 Å². The lowest BCUT2D eigenvalue weighted by Gasteiger charge is -2.32. The summed E-state index contributed by atoms with van der Waals surface area (Å²) in [6.45, 7) is 2.59. The van der Waals surface area contributed by atoms with Crippen molar-refractivity contribution in [2.45, 2.75) is 17.9 Å². The maximum atomic E-state index is 13.2. The van der Waals surface area contributed by atoms with E-state index in [9.17, 15) is 8.42 Å². The number of benzene rings is 1. The van der Waals surface area contributed by atoms with E-state index in [1.807, 2.05) is 19.1 Å². The number of nitrogens with zero attached hydrogens (tertiary/aromatic N) is 4. The summed E-state index contributed by atoms with van der Waals surface area (Å²) in [5.74, 6) is 1.26. The minimum Gasteiger partial charge on any atom is -0.496 e. The number of rotatable bonds is 6. The third-order valence-corrected chi connectivity index (χ3v) is 6.85. The molecule has 1 fully saturated rings. The zero-order chi connectivity index (χ0) is 21.8. The number of aromatic nitrogens is 3. The standard InChI is InChI=1S/C21H23N5O4S/c1-15-11-17(4-6-19(15)29-2)31(27,28)26-9-10-30-20(14-26)18-5-3-16(12-24-18)25-21-13-22-7-8-23-21/h3-8,11-13,20H,9-10,14H2,1-2H3,(H,23,25). The molecule has 1 saturated heterocycles. The Balaban J connectivity index is 1.48. The SMILES string of the molecule is COc1ccc(S(=O)(=O)N2CCOC(c3ccc(Nc4cnccn4)cn3)C2)cc1C. The molecule has 10 heteroatoms. The normalized spacial score (nSPS) is 17.3. The maximum Gasteiger partial charge on any atom is 0.243 e. The molecule has 1 N–H and O–H groups in total. The van der Waals surface area contributed by atoms with Gasteiger partial charge in [0.1, 0.15) is 17.7 Å². The van der Waals surface area contributed by atoms with Crippen molar-refractivity contribution in [2.24, 2.45) is 0 Å². The van der Waals surface area contributed by atoms with E-state index in [4.69, 9.17) is 9.47 Å². The lowest BCUT2D eigenvalue weighted by Crippen LogP contribution is -2.42. The van der Waals surface area contributed by atoms with E-state index in [0.29, 0.717) is 23.9 Å². The van der Waals surface area contributed by atoms with Crippen LogP contribution in [0.25, 0.3) is 0 Å². The van der Waals surface area contributed by atoms with Crippen LogP contribution in [0.3, 0.4) is 0 Å². The maximum absolute atomic E-state index is 13.2. The van der Waals surface area contributed by atoms with Crippen molar-refractivity contribution in [3.8, 4) is 5.75 Å². The lowest BCUT2D eigenvalue weighted by atomic mass is 10.2. The summed E-state index contributed by atoms with van der Waals surface area (Å²) in [6, 6.07) is 8.53. The Morgan fingerprint density at radius 2 is 2.03 bits per heavy atom. The molecular formula is C21H23N5O4S. The molecule has 1 atom stereocenters. The van der Waals surface area contributed by atoms with Crippen molar-refractivity contribution in [1.82, 2.24) is 19.3 Å². The van der Waals surface area contributed by atoms with Crippen molar-refractivity contribution >= 4 is 21.5 Å². The second kappa shape index (κ2) is 8.96. The first-order chi connectivity index (χ1) is 15.0. The van der Waals surface area contributed by atoms with Crippen LogP contribution in [0.5, 0.6) is 5.75 Å². The summed E-state index contributed by atoms with van der Waals surface area (Å²) < 4.78 is 38.8. The Hall–Kier alpha value is -3.08. The lowest BCUT2D eigenvalue weighted by molar-refractivity contribution is -0.00492. The van der Waals surface area contributed by atoms with E-state index in [0.717, 1.165) is 11.3 Å². The van der Waals surface area contributed by atoms with E-state index in [1.165, 1.54) is 4.31 Å². The summed E-state index contributed by atoms with van der Waals surface area (Å²) in [6.07, 6.45) is 6.02. The predicted octanol–water partition coefficient (Wildman–Crippen LogP) is 2.69. The molecule has 1 aliphatic heterocycles. The molecule has 1 aliphatic rings. The van der Waals surface area contributed by atoms with Crippen molar-refractivity contribution in [2.75, 3.05) is 32.1 Å². The number of nitrogens with one attached hydrogen (secondary N) is 1. The molecule has 31 heavy (non-hydrogen) atoms. The van der Waals surface area contributed by atoms with Crippen LogP contribution in [-0.2, 0) is 14.8 Å². The smallest absolute Gasteiger partial charge is 0.243 e. The molecular weight excluding hydrogens is 418 g/mol. The molecule has 0 amide bonds. The Bertz CT molecular complexity index is 1140. The van der Waals surface area contributed by atoms with E-state index in [2.05, 4.69) is 20.3 Å². The monoisotopic (exact) mass is 441 g/mol. The van der Waals surface area contributed by atoms with Crippen LogP contribution in [0.4, 0.5) is 11.5 Å². The van der Waals surface area contributed by atoms with Gasteiger partial charge in [0.2, 0.25) is 10.0 Å². The Morgan fingerprint density at radius 1 is 1.16 bits per heavy atom. The number of morpholine rings is 1. The van der Waals surface area contributed by atoms with Gasteiger partial charge in [-0.05, 0) is 42.8 Å². The molecule has 1 aromatic carbocycles. The summed E-state index contributed by atoms with van der Waals surface area (Å²) >= 11 is 0. The third-order valence-electron chi connectivity index (χ3n) is 4.99. The molecule has 0 bridgehead atoms. The first-order valence-electron chi connectivity index (χ1n) is 9.73. The van der Waals surface area contributed by atoms with Crippen molar-refractivity contribution < 1.29 is 17.9 Å². The van der Waals surface area contributed by atoms with Gasteiger partial charge < -0.3 is 14.8 Å². The van der Waals surface area contributed by atoms with E-state index < -0.39 is 16.1 Å². The second-order valence-corrected chi connectivity index (χ2v) is 8.98. The zero-order valence-corrected chi connectivity index (χ0v) is 18.0. The molecule has 0 radical (unpaired) electrons. The average molecular weight is 442 g/mol. The summed E-state index contributed by atoms with van der Waals surface area (Å²) in [7, 11) is -2.10. The largest absolute Gasteiger partial charge is 0.496 e. The molecule has 9 nitrogen and oxygen atoms in total. The van der Waals surface area contributed by atoms with Crippen LogP contribution in [0.15, 0.2) is 60.0 Å². The van der Waals surface area contributed by atoms with E-state index in [1.54, 1.807) is 50.1 Å². The van der Waals surface area contributed by atoms with Gasteiger partial charge in [-0.1, -0.05) is 0 Å². The average Bonchev–Trinajstić information content (AvgIpc) is 2.80. The molecule has 0 aliphatic carbocycles. The molecule has 0 spiro atoms. The first-order valence-corrected chi connectivity index (χ1v) is 11.2. The fourth-order valence-corrected chi connectivity index (χ4v) is 4.88. The Morgan fingerprint density at radius 3 is 2.71 bits per heavy atom. The highest BCUT2D eigenvalue weighted by Gasteiger charge is 2.32. The molecule has 2 aromatic heterocycles. The molecule has 162 valence electrons. The van der Waals surface area contributed by atoms with Crippen LogP contribution in [0, 0.1) is 6.92 Å². The summed E-state index contributed by atoms with van der Waals surface area (Å²) in [5.41, 5.74) is 2.18. The minimum atomic E-state index is -3.66. The number of pyridine rings is 1. The summed E-state index contributed by atoms with van der Waals surface area (Å²) in [4.78, 5) is 12.9. The summed E-state index contributed by atoms with van der Waals surface area (Å²) in [5, 5.41) is 3.11. The molecule has 0 saturated carbocycles. The van der Waals surface area contributed by atoms with Crippen LogP contribution in [0.1, 0.15) is 17.4 Å². The number of methoxy groups -OCH3 is 1. The number of hydrogen-bond donors (Lipinski definition) is 1. The predicted molar refractivity (Wildman–Crippen MR) is 115 cm³/mol. The van der Waals surface area contributed by atoms with Gasteiger partial charge in [0.25, 0.3) is 0 Å². The quantitative estimate of drug-likeness (QED) is 0.622. The highest BCUT2D eigenvalue weighted by atomic mass is 32.2. The van der Waals surface area contributed by atoms with Gasteiger partial charge in [-0.15, -0.1) is 0 Å². The zero-order valence-electron chi connectivity index (χ0n) is 17.2. The van der Waals surface area contributed by atoms with Gasteiger partial charge in [0, 0.05) is 25.5 Å². The first kappa shape index (κ1) is 21.2. The number of sulfonamides is 1. The highest BCUT2D eigenvalue weighted by molar-refractivity contribution is 7.89. The number of anilines is 2. The van der Waals surface area contributed by atoms with Gasteiger partial charge in [-0.25, -0.2) is 13.4 Å². The third kappa shape index (κ3) is 4.66. The van der Waals surface area contributed by atoms with Crippen LogP contribution in [0.2, 0.25) is 0 Å². The highest BCUT2D eigenvalue weighted by Crippen LogP contribution is 2.28. The Labute approximate surface area is 181 Å². The van der Waals surface area contributed by atoms with Crippen molar-refractivity contribution in [1.29, 1.82) is 0 Å². The van der Waals surface area contributed by atoms with Crippen LogP contribution in [-0.4, -0.2) is 54.5 Å². The molecule has 4 rings (SSSR count). The van der Waals surface area contributed by atoms with Crippen molar-refractivity contribution in [3.63, 3.8) is 0 Å². The number of hydrogen-bond acceptors (Lipinski definition) is 8. The van der Waals surface area contributed by atoms with Gasteiger partial charge in [-0.3, -0.25) is 9.97 Å². The Kier molecular flexibility index (Phi) is 6.12. The second-order valence-electron chi connectivity index (χ2n) is 7.04. The van der Waals surface area contributed by atoms with Crippen LogP contribution < -0.4 is 10.1 Å². The molecule has 3 heterocycles. The number of aryl methyl sites for hydroxylation is 1. The van der Waals surface area contributed by atoms with E-state index >= 15 is 0 Å². The minimum absolute atomic E-state index is 0.192. The van der Waals surface area contributed by atoms with Gasteiger partial charge in [-0.2, -0.15) is 4.31 Å². The van der Waals surface area contributed by atoms with Crippen molar-refractivity contribution in [3.05, 3.63) is 66.4 Å². The van der Waals surface area contributed by atoms with Gasteiger partial charge in [0.15, 0.2) is 0 Å². The number of ether oxygens (including phenoxy) is 2. The van der Waals surface area contributed by atoms with Gasteiger partial charge >= 0.3 is 0 Å². The molecule has 3 aromatic rings. The molecule has 1 unspecified atom stereocenters. The fourth-order valence-electron chi connectivity index (χ4n) is 3.36.